The summed E-state index contributed by atoms with van der Waals surface area (Å²) in [6.45, 7) is 0. The van der Waals surface area contributed by atoms with Crippen molar-refractivity contribution in [2.45, 2.75) is 12.1 Å². The van der Waals surface area contributed by atoms with E-state index in [1.54, 1.807) is 0 Å². The van der Waals surface area contributed by atoms with Crippen molar-refractivity contribution in [2.24, 2.45) is 4.99 Å². The lowest BCUT2D eigenvalue weighted by Gasteiger charge is -2.25. The minimum atomic E-state index is -0.268. The number of rotatable bonds is 5. The molecule has 4 heterocycles. The van der Waals surface area contributed by atoms with Gasteiger partial charge in [0.2, 0.25) is 0 Å². The van der Waals surface area contributed by atoms with Gasteiger partial charge in [-0.05, 0) is 52.6 Å². The van der Waals surface area contributed by atoms with Crippen LogP contribution in [0.3, 0.4) is 0 Å². The van der Waals surface area contributed by atoms with Crippen LogP contribution in [0.4, 0.5) is 0 Å². The monoisotopic (exact) mass is 697 g/mol. The van der Waals surface area contributed by atoms with Gasteiger partial charge in [0.15, 0.2) is 0 Å². The van der Waals surface area contributed by atoms with E-state index in [1.165, 1.54) is 42.1 Å². The number of fused-ring (bicyclic) bond motifs is 8. The maximum Gasteiger partial charge on any atom is 0.145 e. The molecule has 2 aliphatic rings. The molecule has 6 aromatic carbocycles. The fourth-order valence-electron chi connectivity index (χ4n) is 7.99. The number of thiophene rings is 1. The molecule has 1 N–H and O–H groups in total. The van der Waals surface area contributed by atoms with E-state index >= 15 is 0 Å². The number of nitrogens with zero attached hydrogens (tertiary/aromatic N) is 2. The van der Waals surface area contributed by atoms with E-state index in [9.17, 15) is 0 Å². The summed E-state index contributed by atoms with van der Waals surface area (Å²) in [6.07, 6.45) is 6.35. The van der Waals surface area contributed by atoms with Crippen molar-refractivity contribution in [1.82, 2.24) is 10.3 Å². The highest BCUT2D eigenvalue weighted by Crippen LogP contribution is 2.44. The molecule has 250 valence electrons. The van der Waals surface area contributed by atoms with E-state index in [2.05, 4.69) is 157 Å². The fourth-order valence-corrected chi connectivity index (χ4v) is 9.23. The third-order valence-corrected chi connectivity index (χ3v) is 11.8. The van der Waals surface area contributed by atoms with Crippen molar-refractivity contribution >= 4 is 70.9 Å². The van der Waals surface area contributed by atoms with Crippen molar-refractivity contribution in [1.29, 1.82) is 0 Å². The van der Waals surface area contributed by atoms with E-state index in [-0.39, 0.29) is 12.1 Å². The molecule has 4 nitrogen and oxygen atoms in total. The summed E-state index contributed by atoms with van der Waals surface area (Å²) in [5, 5.41) is 8.62. The fraction of sp³-hybridized carbons (Fsp3) is 0.0417. The maximum absolute atomic E-state index is 6.34. The molecule has 5 heteroatoms. The summed E-state index contributed by atoms with van der Waals surface area (Å²) < 4.78 is 8.89. The van der Waals surface area contributed by atoms with Crippen molar-refractivity contribution in [2.75, 3.05) is 0 Å². The number of benzene rings is 6. The Kier molecular flexibility index (Phi) is 6.82. The second-order valence-corrected chi connectivity index (χ2v) is 14.8. The summed E-state index contributed by atoms with van der Waals surface area (Å²) in [6, 6.07) is 53.5. The van der Waals surface area contributed by atoms with Gasteiger partial charge in [-0.2, -0.15) is 0 Å². The highest BCUT2D eigenvalue weighted by atomic mass is 32.1. The van der Waals surface area contributed by atoms with Crippen LogP contribution in [-0.2, 0) is 0 Å². The molecule has 0 spiro atoms. The number of aromatic nitrogens is 1. The van der Waals surface area contributed by atoms with Crippen LogP contribution in [0.15, 0.2) is 173 Å². The standard InChI is InChI=1S/C48H31N3OS/c1-2-11-30(12-3-1)40-28-41(51-48(50-40)31-23-21-29(22-24-31)34-25-26-36-35-15-5-8-19-42(35)52-46(34)36)32-13-10-14-33(27-32)45-44-38-17-6-9-20-43(38)53-47(44)37-16-4-7-18-39(37)49-45/h1-28,34,48,51H. The number of hydrogen-bond acceptors (Lipinski definition) is 5. The number of furan rings is 1. The molecule has 0 saturated heterocycles. The SMILES string of the molecule is C1=CC(c2ccc(C3N=C(c4ccccc4)C=C(c4cccc(-c5nc6ccccc6c6sc7ccccc7c56)c4)N3)cc2)c2oc3ccccc3c21. The van der Waals surface area contributed by atoms with Crippen LogP contribution in [-0.4, -0.2) is 10.7 Å². The van der Waals surface area contributed by atoms with Crippen molar-refractivity contribution in [3.8, 4) is 11.3 Å². The lowest BCUT2D eigenvalue weighted by Crippen LogP contribution is -2.25. The molecule has 0 fully saturated rings. The zero-order chi connectivity index (χ0) is 34.9. The first-order valence-corrected chi connectivity index (χ1v) is 18.8. The highest BCUT2D eigenvalue weighted by molar-refractivity contribution is 7.26. The molecule has 11 rings (SSSR count). The first-order chi connectivity index (χ1) is 26.2. The molecule has 0 amide bonds. The number of pyridine rings is 1. The Morgan fingerprint density at radius 3 is 2.23 bits per heavy atom. The lowest BCUT2D eigenvalue weighted by molar-refractivity contribution is 0.548. The number of hydrogen-bond donors (Lipinski definition) is 1. The van der Waals surface area contributed by atoms with Gasteiger partial charge in [0, 0.05) is 47.8 Å². The molecule has 2 unspecified atom stereocenters. The van der Waals surface area contributed by atoms with Crippen LogP contribution >= 0.6 is 11.3 Å². The Hall–Kier alpha value is -6.56. The van der Waals surface area contributed by atoms with Gasteiger partial charge in [0.25, 0.3) is 0 Å². The largest absolute Gasteiger partial charge is 0.459 e. The molecule has 0 bridgehead atoms. The van der Waals surface area contributed by atoms with Gasteiger partial charge >= 0.3 is 0 Å². The zero-order valence-corrected chi connectivity index (χ0v) is 29.3. The summed E-state index contributed by atoms with van der Waals surface area (Å²) in [5.74, 6) is 1.10. The van der Waals surface area contributed by atoms with E-state index in [0.29, 0.717) is 0 Å². The number of aliphatic imine (C=N–C) groups is 1. The van der Waals surface area contributed by atoms with Gasteiger partial charge in [-0.3, -0.25) is 4.99 Å². The third kappa shape index (κ3) is 4.96. The highest BCUT2D eigenvalue weighted by Gasteiger charge is 2.27. The molecule has 3 aromatic heterocycles. The molecule has 53 heavy (non-hydrogen) atoms. The van der Waals surface area contributed by atoms with E-state index in [4.69, 9.17) is 14.4 Å². The average molecular weight is 698 g/mol. The van der Waals surface area contributed by atoms with Crippen LogP contribution in [0.1, 0.15) is 45.7 Å². The Bertz CT molecular complexity index is 2990. The molecule has 9 aromatic rings. The molecular formula is C48H31N3OS. The van der Waals surface area contributed by atoms with Crippen LogP contribution < -0.4 is 5.32 Å². The van der Waals surface area contributed by atoms with E-state index in [1.807, 2.05) is 29.5 Å². The quantitative estimate of drug-likeness (QED) is 0.195. The summed E-state index contributed by atoms with van der Waals surface area (Å²) in [4.78, 5) is 10.6. The first-order valence-electron chi connectivity index (χ1n) is 18.0. The van der Waals surface area contributed by atoms with Crippen molar-refractivity contribution in [3.05, 3.63) is 197 Å². The Morgan fingerprint density at radius 2 is 1.34 bits per heavy atom. The number of para-hydroxylation sites is 2. The van der Waals surface area contributed by atoms with Crippen LogP contribution in [0.5, 0.6) is 0 Å². The Balaban J connectivity index is 0.983. The summed E-state index contributed by atoms with van der Waals surface area (Å²) >= 11 is 1.85. The topological polar surface area (TPSA) is 50.4 Å². The van der Waals surface area contributed by atoms with Gasteiger partial charge < -0.3 is 9.73 Å². The third-order valence-electron chi connectivity index (χ3n) is 10.6. The molecule has 0 radical (unpaired) electrons. The van der Waals surface area contributed by atoms with Gasteiger partial charge in [0.1, 0.15) is 17.5 Å². The van der Waals surface area contributed by atoms with E-state index < -0.39 is 0 Å². The van der Waals surface area contributed by atoms with E-state index in [0.717, 1.165) is 56.2 Å². The smallest absolute Gasteiger partial charge is 0.145 e. The molecule has 2 atom stereocenters. The van der Waals surface area contributed by atoms with Gasteiger partial charge in [-0.25, -0.2) is 4.98 Å². The van der Waals surface area contributed by atoms with Crippen LogP contribution in [0, 0.1) is 0 Å². The minimum Gasteiger partial charge on any atom is -0.459 e. The summed E-state index contributed by atoms with van der Waals surface area (Å²) in [7, 11) is 0. The Labute approximate surface area is 310 Å². The number of nitrogens with one attached hydrogen (secondary N) is 1. The second kappa shape index (κ2) is 12.0. The minimum absolute atomic E-state index is 0.0860. The molecule has 1 aliphatic carbocycles. The number of allylic oxidation sites excluding steroid dienone is 2. The van der Waals surface area contributed by atoms with Gasteiger partial charge in [-0.15, -0.1) is 11.3 Å². The second-order valence-electron chi connectivity index (χ2n) is 13.7. The van der Waals surface area contributed by atoms with Crippen LogP contribution in [0.2, 0.25) is 0 Å². The predicted octanol–water partition coefficient (Wildman–Crippen LogP) is 12.3. The molecule has 0 saturated carbocycles. The Morgan fingerprint density at radius 1 is 0.623 bits per heavy atom. The lowest BCUT2D eigenvalue weighted by atomic mass is 9.95. The molecular weight excluding hydrogens is 667 g/mol. The van der Waals surface area contributed by atoms with Crippen LogP contribution in [0.25, 0.3) is 65.1 Å². The average Bonchev–Trinajstić information content (AvgIpc) is 3.93. The normalized spacial score (nSPS) is 16.6. The van der Waals surface area contributed by atoms with Crippen molar-refractivity contribution in [3.63, 3.8) is 0 Å². The maximum atomic E-state index is 6.34. The summed E-state index contributed by atoms with van der Waals surface area (Å²) in [5.41, 5.74) is 11.7. The molecule has 1 aliphatic heterocycles. The zero-order valence-electron chi connectivity index (χ0n) is 28.5. The van der Waals surface area contributed by atoms with Gasteiger partial charge in [-0.1, -0.05) is 140 Å². The van der Waals surface area contributed by atoms with Crippen molar-refractivity contribution < 1.29 is 4.42 Å². The first kappa shape index (κ1) is 30.1. The predicted molar refractivity (Wildman–Crippen MR) is 220 cm³/mol. The van der Waals surface area contributed by atoms with Gasteiger partial charge in [0.05, 0.1) is 22.8 Å².